The van der Waals surface area contributed by atoms with Crippen molar-refractivity contribution in [2.24, 2.45) is 5.92 Å². The largest absolute Gasteiger partial charge is 0.480 e. The topological polar surface area (TPSA) is 119 Å². The minimum absolute atomic E-state index is 0.218. The molecule has 0 aliphatic carbocycles. The highest BCUT2D eigenvalue weighted by atomic mass is 35.5. The molecule has 214 valence electrons. The minimum Gasteiger partial charge on any atom is -0.480 e. The third-order valence-corrected chi connectivity index (χ3v) is 8.37. The van der Waals surface area contributed by atoms with Crippen molar-refractivity contribution in [3.63, 3.8) is 0 Å². The lowest BCUT2D eigenvalue weighted by atomic mass is 9.95. The molecule has 1 aliphatic heterocycles. The van der Waals surface area contributed by atoms with E-state index in [0.717, 1.165) is 10.6 Å². The van der Waals surface area contributed by atoms with Gasteiger partial charge in [-0.1, -0.05) is 35.3 Å². The number of thioether (sulfide) groups is 1. The number of nitrogens with one attached hydrogen (secondary N) is 2. The third-order valence-electron chi connectivity index (χ3n) is 6.59. The smallest absolute Gasteiger partial charge is 0.328 e. The molecule has 9 nitrogen and oxygen atoms in total. The Labute approximate surface area is 247 Å². The normalized spacial score (nSPS) is 14.6. The number of piperidine rings is 1. The lowest BCUT2D eigenvalue weighted by molar-refractivity contribution is -0.142. The van der Waals surface area contributed by atoms with E-state index in [-0.39, 0.29) is 12.5 Å². The lowest BCUT2D eigenvalue weighted by Gasteiger charge is -2.31. The molecule has 40 heavy (non-hydrogen) atoms. The maximum atomic E-state index is 12.8. The number of amides is 3. The van der Waals surface area contributed by atoms with Crippen molar-refractivity contribution in [1.29, 1.82) is 0 Å². The van der Waals surface area contributed by atoms with E-state index < -0.39 is 29.7 Å². The molecule has 1 saturated heterocycles. The number of carbonyl (C=O) groups excluding carboxylic acids is 3. The molecule has 0 saturated carbocycles. The van der Waals surface area contributed by atoms with Crippen LogP contribution in [0.3, 0.4) is 0 Å². The van der Waals surface area contributed by atoms with E-state index in [1.807, 2.05) is 37.4 Å². The second-order valence-corrected chi connectivity index (χ2v) is 11.1. The Bertz CT molecular complexity index is 1300. The van der Waals surface area contributed by atoms with Crippen LogP contribution in [0.2, 0.25) is 10.0 Å². The highest BCUT2D eigenvalue weighted by Crippen LogP contribution is 2.35. The standard InChI is InChI=1S/C28H32Cl2N4O5S/c1-33(2)20-6-4-5-19(15-20)26(36)31-16-21(28(38)39)32-27(37)18-11-13-34(14-12-18)23(35)10-8-17-7-9-22(40-3)25(30)24(17)29/h4-10,15,18,21H,11-14,16H2,1-3H3,(H,31,36)(H,32,37)(H,38,39)/t21-/m0/s1. The van der Waals surface area contributed by atoms with Crippen molar-refractivity contribution in [2.45, 2.75) is 23.8 Å². The number of anilines is 1. The second-order valence-electron chi connectivity index (χ2n) is 9.47. The van der Waals surface area contributed by atoms with Crippen molar-refractivity contribution in [1.82, 2.24) is 15.5 Å². The molecule has 1 atom stereocenters. The van der Waals surface area contributed by atoms with Gasteiger partial charge in [-0.2, -0.15) is 0 Å². The molecular formula is C28H32Cl2N4O5S. The van der Waals surface area contributed by atoms with Gasteiger partial charge in [0.25, 0.3) is 5.91 Å². The number of benzene rings is 2. The number of hydrogen-bond donors (Lipinski definition) is 3. The van der Waals surface area contributed by atoms with Crippen molar-refractivity contribution < 1.29 is 24.3 Å². The van der Waals surface area contributed by atoms with Crippen LogP contribution in [0.5, 0.6) is 0 Å². The van der Waals surface area contributed by atoms with Gasteiger partial charge in [0, 0.05) is 61.9 Å². The van der Waals surface area contributed by atoms with E-state index in [1.54, 1.807) is 35.2 Å². The van der Waals surface area contributed by atoms with Crippen molar-refractivity contribution >= 4 is 70.4 Å². The zero-order valence-electron chi connectivity index (χ0n) is 22.4. The number of halogens is 2. The number of carboxylic acid groups (broad SMARTS) is 1. The van der Waals surface area contributed by atoms with E-state index in [4.69, 9.17) is 23.2 Å². The van der Waals surface area contributed by atoms with Crippen molar-refractivity contribution in [3.8, 4) is 0 Å². The molecular weight excluding hydrogens is 575 g/mol. The Morgan fingerprint density at radius 2 is 1.82 bits per heavy atom. The number of aliphatic carboxylic acids is 1. The predicted molar refractivity (Wildman–Crippen MR) is 159 cm³/mol. The summed E-state index contributed by atoms with van der Waals surface area (Å²) in [6.45, 7) is 0.425. The lowest BCUT2D eigenvalue weighted by Crippen LogP contribution is -2.51. The van der Waals surface area contributed by atoms with Crippen LogP contribution in [-0.2, 0) is 14.4 Å². The number of carbonyl (C=O) groups is 4. The monoisotopic (exact) mass is 606 g/mol. The highest BCUT2D eigenvalue weighted by Gasteiger charge is 2.30. The second kappa shape index (κ2) is 14.4. The molecule has 2 aromatic carbocycles. The summed E-state index contributed by atoms with van der Waals surface area (Å²) >= 11 is 14.1. The van der Waals surface area contributed by atoms with Gasteiger partial charge in [-0.3, -0.25) is 14.4 Å². The molecule has 2 aromatic rings. The summed E-state index contributed by atoms with van der Waals surface area (Å²) < 4.78 is 0. The Morgan fingerprint density at radius 3 is 2.45 bits per heavy atom. The molecule has 3 rings (SSSR count). The first-order valence-corrected chi connectivity index (χ1v) is 14.6. The Balaban J connectivity index is 1.51. The van der Waals surface area contributed by atoms with Gasteiger partial charge < -0.3 is 25.5 Å². The fraction of sp³-hybridized carbons (Fsp3) is 0.357. The summed E-state index contributed by atoms with van der Waals surface area (Å²) in [6, 6.07) is 9.26. The molecule has 0 radical (unpaired) electrons. The zero-order valence-corrected chi connectivity index (χ0v) is 24.8. The van der Waals surface area contributed by atoms with Crippen molar-refractivity contribution in [3.05, 3.63) is 63.6 Å². The summed E-state index contributed by atoms with van der Waals surface area (Å²) in [6.07, 6.45) is 5.70. The number of likely N-dealkylation sites (tertiary alicyclic amines) is 1. The van der Waals surface area contributed by atoms with Crippen LogP contribution in [0.1, 0.15) is 28.8 Å². The van der Waals surface area contributed by atoms with Gasteiger partial charge in [0.2, 0.25) is 11.8 Å². The molecule has 1 heterocycles. The van der Waals surface area contributed by atoms with Gasteiger partial charge >= 0.3 is 5.97 Å². The average molecular weight is 608 g/mol. The van der Waals surface area contributed by atoms with Crippen LogP contribution in [0, 0.1) is 5.92 Å². The first-order chi connectivity index (χ1) is 19.0. The van der Waals surface area contributed by atoms with Crippen LogP contribution in [-0.4, -0.2) is 79.7 Å². The molecule has 3 amide bonds. The number of nitrogens with zero attached hydrogens (tertiary/aromatic N) is 2. The van der Waals surface area contributed by atoms with E-state index in [2.05, 4.69) is 10.6 Å². The Hall–Kier alpha value is -3.21. The van der Waals surface area contributed by atoms with Gasteiger partial charge in [0.05, 0.1) is 10.0 Å². The molecule has 1 aliphatic rings. The minimum atomic E-state index is -1.29. The van der Waals surface area contributed by atoms with Crippen LogP contribution in [0.25, 0.3) is 6.08 Å². The van der Waals surface area contributed by atoms with Gasteiger partial charge in [-0.05, 0) is 55.0 Å². The highest BCUT2D eigenvalue weighted by molar-refractivity contribution is 7.98. The Kier molecular flexibility index (Phi) is 11.3. The van der Waals surface area contributed by atoms with Crippen LogP contribution >= 0.6 is 35.0 Å². The quantitative estimate of drug-likeness (QED) is 0.276. The maximum absolute atomic E-state index is 12.8. The Morgan fingerprint density at radius 1 is 1.12 bits per heavy atom. The molecule has 3 N–H and O–H groups in total. The first-order valence-electron chi connectivity index (χ1n) is 12.6. The summed E-state index contributed by atoms with van der Waals surface area (Å²) in [5.41, 5.74) is 1.84. The maximum Gasteiger partial charge on any atom is 0.328 e. The SMILES string of the molecule is CSc1ccc(C=CC(=O)N2CCC(C(=O)N[C@@H](CNC(=O)c3cccc(N(C)C)c3)C(=O)O)CC2)c(Cl)c1Cl. The molecule has 0 bridgehead atoms. The molecule has 0 aromatic heterocycles. The van der Waals surface area contributed by atoms with Gasteiger partial charge in [-0.25, -0.2) is 4.79 Å². The molecule has 0 spiro atoms. The fourth-order valence-corrected chi connectivity index (χ4v) is 5.35. The third kappa shape index (κ3) is 8.16. The van der Waals surface area contributed by atoms with E-state index in [9.17, 15) is 24.3 Å². The summed E-state index contributed by atoms with van der Waals surface area (Å²) in [5, 5.41) is 15.5. The van der Waals surface area contributed by atoms with E-state index >= 15 is 0 Å². The van der Waals surface area contributed by atoms with Crippen molar-refractivity contribution in [2.75, 3.05) is 44.9 Å². The molecule has 1 fully saturated rings. The number of carboxylic acids is 1. The van der Waals surface area contributed by atoms with E-state index in [0.29, 0.717) is 47.1 Å². The van der Waals surface area contributed by atoms with Crippen LogP contribution < -0.4 is 15.5 Å². The summed E-state index contributed by atoms with van der Waals surface area (Å²) in [7, 11) is 3.70. The first kappa shape index (κ1) is 31.3. The fourth-order valence-electron chi connectivity index (χ4n) is 4.17. The van der Waals surface area contributed by atoms with Gasteiger partial charge in [0.15, 0.2) is 0 Å². The van der Waals surface area contributed by atoms with E-state index in [1.165, 1.54) is 17.8 Å². The predicted octanol–water partition coefficient (Wildman–Crippen LogP) is 4.03. The van der Waals surface area contributed by atoms with Crippen LogP contribution in [0.4, 0.5) is 5.69 Å². The average Bonchev–Trinajstić information content (AvgIpc) is 2.95. The summed E-state index contributed by atoms with van der Waals surface area (Å²) in [5.74, 6) is -2.78. The number of rotatable bonds is 10. The number of hydrogen-bond acceptors (Lipinski definition) is 6. The van der Waals surface area contributed by atoms with Gasteiger partial charge in [-0.15, -0.1) is 11.8 Å². The van der Waals surface area contributed by atoms with Crippen LogP contribution in [0.15, 0.2) is 47.4 Å². The summed E-state index contributed by atoms with van der Waals surface area (Å²) in [4.78, 5) is 54.2. The van der Waals surface area contributed by atoms with Gasteiger partial charge in [0.1, 0.15) is 6.04 Å². The molecule has 12 heteroatoms. The molecule has 0 unspecified atom stereocenters. The zero-order chi connectivity index (χ0) is 29.4.